The summed E-state index contributed by atoms with van der Waals surface area (Å²) < 4.78 is 13.3. The summed E-state index contributed by atoms with van der Waals surface area (Å²) in [6.07, 6.45) is 0.917. The van der Waals surface area contributed by atoms with Crippen LogP contribution in [0.3, 0.4) is 0 Å². The van der Waals surface area contributed by atoms with Crippen LogP contribution in [0.15, 0.2) is 52.4 Å². The molecule has 2 heterocycles. The van der Waals surface area contributed by atoms with Gasteiger partial charge in [0.1, 0.15) is 21.6 Å². The third-order valence-corrected chi connectivity index (χ3v) is 6.06. The number of H-pyrrole nitrogens is 2. The first-order chi connectivity index (χ1) is 14.3. The minimum atomic E-state index is -1.82. The summed E-state index contributed by atoms with van der Waals surface area (Å²) in [6.45, 7) is 0. The Kier molecular flexibility index (Phi) is 5.61. The fraction of sp³-hybridized carbons (Fsp3) is 0. The maximum absolute atomic E-state index is 13.3. The lowest BCUT2D eigenvalue weighted by Gasteiger charge is -2.06. The van der Waals surface area contributed by atoms with Crippen LogP contribution in [-0.2, 0) is 10.8 Å². The summed E-state index contributed by atoms with van der Waals surface area (Å²) in [7, 11) is -1.82. The number of ketones is 1. The number of aliphatic hydroxyl groups excluding tert-OH is 1. The van der Waals surface area contributed by atoms with Crippen molar-refractivity contribution in [2.75, 3.05) is 0 Å². The number of fused-ring (bicyclic) bond motifs is 1. The molecular formula is C18H10Cl3N5O3S. The van der Waals surface area contributed by atoms with Gasteiger partial charge >= 0.3 is 0 Å². The van der Waals surface area contributed by atoms with Gasteiger partial charge in [-0.3, -0.25) is 4.79 Å². The molecule has 4 aromatic rings. The molecule has 152 valence electrons. The fourth-order valence-corrected chi connectivity index (χ4v) is 4.95. The lowest BCUT2D eigenvalue weighted by atomic mass is 10.1. The average Bonchev–Trinajstić information content (AvgIpc) is 3.34. The number of tetrazole rings is 1. The predicted octanol–water partition coefficient (Wildman–Crippen LogP) is 4.59. The van der Waals surface area contributed by atoms with Crippen molar-refractivity contribution in [3.05, 3.63) is 68.9 Å². The van der Waals surface area contributed by atoms with Gasteiger partial charge in [0.25, 0.3) is 0 Å². The van der Waals surface area contributed by atoms with Crippen LogP contribution >= 0.6 is 34.8 Å². The van der Waals surface area contributed by atoms with Gasteiger partial charge in [-0.25, -0.2) is 4.21 Å². The minimum absolute atomic E-state index is 0.138. The standard InChI is InChI=1S/C18H10Cl3N5O3S/c19-8-1-2-13-12(6-8)16(14(27)7-15(28)17-23-25-26-24-17)18(22-13)30(29)11-4-9(20)3-10(21)5-11/h1-7,22,27H,(H,23,24,25,26)/b14-7-. The highest BCUT2D eigenvalue weighted by Crippen LogP contribution is 2.34. The maximum atomic E-state index is 13.3. The normalized spacial score (nSPS) is 13.0. The zero-order valence-corrected chi connectivity index (χ0v) is 17.8. The van der Waals surface area contributed by atoms with Crippen molar-refractivity contribution in [2.45, 2.75) is 9.92 Å². The Labute approximate surface area is 186 Å². The third-order valence-electron chi connectivity index (χ3n) is 4.05. The Bertz CT molecular complexity index is 1310. The summed E-state index contributed by atoms with van der Waals surface area (Å²) in [4.78, 5) is 15.6. The van der Waals surface area contributed by atoms with Crippen molar-refractivity contribution in [1.29, 1.82) is 0 Å². The van der Waals surface area contributed by atoms with E-state index in [-0.39, 0.29) is 16.4 Å². The quantitative estimate of drug-likeness (QED) is 0.217. The lowest BCUT2D eigenvalue weighted by molar-refractivity contribution is 0.103. The van der Waals surface area contributed by atoms with Crippen molar-refractivity contribution in [1.82, 2.24) is 25.6 Å². The Morgan fingerprint density at radius 1 is 1.07 bits per heavy atom. The van der Waals surface area contributed by atoms with Crippen LogP contribution in [0.2, 0.25) is 15.1 Å². The first-order valence-electron chi connectivity index (χ1n) is 8.21. The fourth-order valence-electron chi connectivity index (χ4n) is 2.81. The number of carbonyl (C=O) groups excluding carboxylic acids is 1. The Hall–Kier alpha value is -2.72. The molecule has 0 amide bonds. The van der Waals surface area contributed by atoms with E-state index in [1.165, 1.54) is 18.2 Å². The van der Waals surface area contributed by atoms with Gasteiger partial charge in [0.15, 0.2) is 0 Å². The molecule has 1 atom stereocenters. The molecule has 8 nitrogen and oxygen atoms in total. The number of nitrogens with zero attached hydrogens (tertiary/aromatic N) is 3. The smallest absolute Gasteiger partial charge is 0.244 e. The molecule has 0 spiro atoms. The summed E-state index contributed by atoms with van der Waals surface area (Å²) in [6, 6.07) is 9.39. The van der Waals surface area contributed by atoms with Crippen molar-refractivity contribution >= 4 is 68.0 Å². The first kappa shape index (κ1) is 20.5. The van der Waals surface area contributed by atoms with Gasteiger partial charge in [0.2, 0.25) is 11.6 Å². The van der Waals surface area contributed by atoms with Crippen molar-refractivity contribution in [3.63, 3.8) is 0 Å². The number of nitrogens with one attached hydrogen (secondary N) is 2. The molecule has 4 rings (SSSR count). The monoisotopic (exact) mass is 481 g/mol. The molecule has 0 bridgehead atoms. The minimum Gasteiger partial charge on any atom is -0.507 e. The average molecular weight is 483 g/mol. The highest BCUT2D eigenvalue weighted by molar-refractivity contribution is 7.85. The van der Waals surface area contributed by atoms with Crippen LogP contribution in [0.5, 0.6) is 0 Å². The SMILES string of the molecule is O=C(/C=C(\O)c1c(S(=O)c2cc(Cl)cc(Cl)c2)[nH]c2ccc(Cl)cc12)c1nn[nH]n1. The molecule has 3 N–H and O–H groups in total. The molecule has 12 heteroatoms. The molecule has 2 aromatic carbocycles. The Morgan fingerprint density at radius 2 is 1.80 bits per heavy atom. The molecular weight excluding hydrogens is 473 g/mol. The van der Waals surface area contributed by atoms with E-state index in [9.17, 15) is 14.1 Å². The van der Waals surface area contributed by atoms with Gasteiger partial charge in [0.05, 0.1) is 5.56 Å². The van der Waals surface area contributed by atoms with Crippen LogP contribution < -0.4 is 0 Å². The van der Waals surface area contributed by atoms with Gasteiger partial charge in [0, 0.05) is 36.9 Å². The summed E-state index contributed by atoms with van der Waals surface area (Å²) in [5, 5.41) is 25.0. The summed E-state index contributed by atoms with van der Waals surface area (Å²) in [5.74, 6) is -1.38. The number of aromatic amines is 2. The number of hydrogen-bond acceptors (Lipinski definition) is 6. The first-order valence-corrected chi connectivity index (χ1v) is 10.5. The van der Waals surface area contributed by atoms with Crippen LogP contribution in [0.4, 0.5) is 0 Å². The molecule has 2 aromatic heterocycles. The zero-order valence-electron chi connectivity index (χ0n) is 14.7. The maximum Gasteiger partial charge on any atom is 0.244 e. The number of halogens is 3. The number of aliphatic hydroxyl groups is 1. The molecule has 0 saturated heterocycles. The molecule has 0 aliphatic heterocycles. The lowest BCUT2D eigenvalue weighted by Crippen LogP contribution is -2.02. The number of allylic oxidation sites excluding steroid dienone is 1. The Balaban J connectivity index is 1.90. The second kappa shape index (κ2) is 8.19. The number of aromatic nitrogens is 5. The molecule has 0 fully saturated rings. The van der Waals surface area contributed by atoms with E-state index in [0.29, 0.717) is 30.9 Å². The van der Waals surface area contributed by atoms with Gasteiger partial charge in [-0.2, -0.15) is 5.21 Å². The third kappa shape index (κ3) is 3.97. The molecule has 1 unspecified atom stereocenters. The van der Waals surface area contributed by atoms with Crippen molar-refractivity contribution in [2.24, 2.45) is 0 Å². The van der Waals surface area contributed by atoms with E-state index in [2.05, 4.69) is 25.6 Å². The second-order valence-electron chi connectivity index (χ2n) is 6.02. The van der Waals surface area contributed by atoms with E-state index in [1.54, 1.807) is 18.2 Å². The van der Waals surface area contributed by atoms with Crippen molar-refractivity contribution in [3.8, 4) is 0 Å². The van der Waals surface area contributed by atoms with E-state index in [1.807, 2.05) is 0 Å². The molecule has 0 radical (unpaired) electrons. The topological polar surface area (TPSA) is 125 Å². The molecule has 0 saturated carbocycles. The van der Waals surface area contributed by atoms with Gasteiger partial charge in [-0.05, 0) is 41.6 Å². The van der Waals surface area contributed by atoms with Crippen LogP contribution in [0, 0.1) is 0 Å². The number of carbonyl (C=O) groups is 1. The van der Waals surface area contributed by atoms with Crippen LogP contribution in [0.25, 0.3) is 16.7 Å². The van der Waals surface area contributed by atoms with Crippen molar-refractivity contribution < 1.29 is 14.1 Å². The Morgan fingerprint density at radius 3 is 2.47 bits per heavy atom. The molecule has 0 aliphatic rings. The second-order valence-corrected chi connectivity index (χ2v) is 8.75. The highest BCUT2D eigenvalue weighted by Gasteiger charge is 2.23. The summed E-state index contributed by atoms with van der Waals surface area (Å²) in [5.41, 5.74) is 0.691. The molecule has 0 aliphatic carbocycles. The van der Waals surface area contributed by atoms with Crippen LogP contribution in [-0.4, -0.2) is 40.7 Å². The van der Waals surface area contributed by atoms with Gasteiger partial charge in [-0.15, -0.1) is 10.2 Å². The van der Waals surface area contributed by atoms with Gasteiger partial charge < -0.3 is 10.1 Å². The predicted molar refractivity (Wildman–Crippen MR) is 114 cm³/mol. The highest BCUT2D eigenvalue weighted by atomic mass is 35.5. The number of hydrogen-bond donors (Lipinski definition) is 3. The molecule has 30 heavy (non-hydrogen) atoms. The van der Waals surface area contributed by atoms with E-state index in [4.69, 9.17) is 34.8 Å². The number of rotatable bonds is 5. The summed E-state index contributed by atoms with van der Waals surface area (Å²) >= 11 is 18.2. The van der Waals surface area contributed by atoms with E-state index < -0.39 is 22.3 Å². The van der Waals surface area contributed by atoms with Crippen LogP contribution in [0.1, 0.15) is 16.2 Å². The van der Waals surface area contributed by atoms with E-state index >= 15 is 0 Å². The van der Waals surface area contributed by atoms with E-state index in [0.717, 1.165) is 6.08 Å². The zero-order chi connectivity index (χ0) is 21.4. The number of benzene rings is 2. The largest absolute Gasteiger partial charge is 0.507 e. The van der Waals surface area contributed by atoms with Gasteiger partial charge in [-0.1, -0.05) is 34.8 Å².